The SMILES string of the molecule is O=C(O)C1=C[C@@]2(O)CCCO[C@@H](C1)[C@H]2O. The number of carbonyl (C=O) groups is 1. The third-order valence-electron chi connectivity index (χ3n) is 3.04. The molecule has 5 nitrogen and oxygen atoms in total. The van der Waals surface area contributed by atoms with E-state index in [2.05, 4.69) is 0 Å². The molecule has 0 saturated carbocycles. The van der Waals surface area contributed by atoms with Gasteiger partial charge < -0.3 is 20.1 Å². The summed E-state index contributed by atoms with van der Waals surface area (Å²) in [6.07, 6.45) is 0.746. The van der Waals surface area contributed by atoms with Gasteiger partial charge in [-0.05, 0) is 18.9 Å². The number of aliphatic hydroxyl groups excluding tert-OH is 1. The summed E-state index contributed by atoms with van der Waals surface area (Å²) in [7, 11) is 0. The van der Waals surface area contributed by atoms with Gasteiger partial charge >= 0.3 is 5.97 Å². The maximum Gasteiger partial charge on any atom is 0.331 e. The fourth-order valence-corrected chi connectivity index (χ4v) is 2.21. The quantitative estimate of drug-likeness (QED) is 0.556. The Morgan fingerprint density at radius 2 is 2.33 bits per heavy atom. The predicted molar refractivity (Wildman–Crippen MR) is 50.3 cm³/mol. The lowest BCUT2D eigenvalue weighted by Crippen LogP contribution is -2.50. The fraction of sp³-hybridized carbons (Fsp3) is 0.700. The Hall–Kier alpha value is -0.910. The summed E-state index contributed by atoms with van der Waals surface area (Å²) < 4.78 is 5.32. The number of fused-ring (bicyclic) bond motifs is 2. The maximum absolute atomic E-state index is 10.8. The van der Waals surface area contributed by atoms with E-state index >= 15 is 0 Å². The Bertz CT molecular complexity index is 311. The van der Waals surface area contributed by atoms with Crippen molar-refractivity contribution in [2.75, 3.05) is 6.61 Å². The highest BCUT2D eigenvalue weighted by Crippen LogP contribution is 2.35. The van der Waals surface area contributed by atoms with Crippen molar-refractivity contribution in [2.45, 2.75) is 37.1 Å². The summed E-state index contributed by atoms with van der Waals surface area (Å²) in [6, 6.07) is 0. The molecule has 2 aliphatic rings. The molecule has 0 radical (unpaired) electrons. The Kier molecular flexibility index (Phi) is 2.54. The first-order valence-corrected chi connectivity index (χ1v) is 5.00. The largest absolute Gasteiger partial charge is 0.478 e. The van der Waals surface area contributed by atoms with Crippen LogP contribution < -0.4 is 0 Å². The van der Waals surface area contributed by atoms with Gasteiger partial charge in [0.25, 0.3) is 0 Å². The first-order valence-electron chi connectivity index (χ1n) is 5.00. The molecule has 1 fully saturated rings. The van der Waals surface area contributed by atoms with Crippen LogP contribution in [-0.4, -0.2) is 45.7 Å². The lowest BCUT2D eigenvalue weighted by Gasteiger charge is -2.36. The number of hydrogen-bond acceptors (Lipinski definition) is 4. The van der Waals surface area contributed by atoms with Crippen LogP contribution in [0, 0.1) is 0 Å². The average molecular weight is 214 g/mol. The third kappa shape index (κ3) is 1.78. The summed E-state index contributed by atoms with van der Waals surface area (Å²) in [5.74, 6) is -1.06. The molecule has 15 heavy (non-hydrogen) atoms. The zero-order valence-electron chi connectivity index (χ0n) is 8.22. The van der Waals surface area contributed by atoms with Crippen molar-refractivity contribution in [2.24, 2.45) is 0 Å². The van der Waals surface area contributed by atoms with E-state index in [1.165, 1.54) is 6.08 Å². The zero-order valence-corrected chi connectivity index (χ0v) is 8.22. The van der Waals surface area contributed by atoms with Crippen molar-refractivity contribution in [3.8, 4) is 0 Å². The number of hydrogen-bond donors (Lipinski definition) is 3. The van der Waals surface area contributed by atoms with Crippen LogP contribution in [0.15, 0.2) is 11.6 Å². The standard InChI is InChI=1S/C10H14O5/c11-8-7-4-6(9(12)13)5-10(8,14)2-1-3-15-7/h5,7-8,11,14H,1-4H2,(H,12,13)/t7-,8+,10-/m0/s1. The maximum atomic E-state index is 10.8. The van der Waals surface area contributed by atoms with E-state index < -0.39 is 23.8 Å². The molecule has 1 saturated heterocycles. The van der Waals surface area contributed by atoms with E-state index in [-0.39, 0.29) is 12.0 Å². The highest BCUT2D eigenvalue weighted by atomic mass is 16.5. The van der Waals surface area contributed by atoms with E-state index in [4.69, 9.17) is 9.84 Å². The summed E-state index contributed by atoms with van der Waals surface area (Å²) in [4.78, 5) is 10.8. The van der Waals surface area contributed by atoms with E-state index in [1.54, 1.807) is 0 Å². The summed E-state index contributed by atoms with van der Waals surface area (Å²) in [5, 5.41) is 28.8. The topological polar surface area (TPSA) is 87.0 Å². The summed E-state index contributed by atoms with van der Waals surface area (Å²) in [6.45, 7) is 0.449. The molecule has 2 rings (SSSR count). The van der Waals surface area contributed by atoms with Gasteiger partial charge in [-0.3, -0.25) is 0 Å². The number of ether oxygens (including phenoxy) is 1. The second-order valence-corrected chi connectivity index (χ2v) is 4.13. The molecular weight excluding hydrogens is 200 g/mol. The van der Waals surface area contributed by atoms with Gasteiger partial charge in [0.2, 0.25) is 0 Å². The Labute approximate surface area is 87.0 Å². The van der Waals surface area contributed by atoms with Gasteiger partial charge in [0.1, 0.15) is 11.7 Å². The average Bonchev–Trinajstić information content (AvgIpc) is 2.28. The third-order valence-corrected chi connectivity index (χ3v) is 3.04. The van der Waals surface area contributed by atoms with E-state index in [1.807, 2.05) is 0 Å². The van der Waals surface area contributed by atoms with Gasteiger partial charge in [-0.15, -0.1) is 0 Å². The lowest BCUT2D eigenvalue weighted by molar-refractivity contribution is -0.137. The Balaban J connectivity index is 2.36. The van der Waals surface area contributed by atoms with E-state index in [0.717, 1.165) is 0 Å². The van der Waals surface area contributed by atoms with Crippen molar-refractivity contribution >= 4 is 5.97 Å². The van der Waals surface area contributed by atoms with Crippen molar-refractivity contribution < 1.29 is 24.9 Å². The molecule has 0 spiro atoms. The minimum absolute atomic E-state index is 0.120. The fourth-order valence-electron chi connectivity index (χ4n) is 2.21. The monoisotopic (exact) mass is 214 g/mol. The molecule has 0 amide bonds. The molecule has 0 aromatic heterocycles. The molecule has 5 heteroatoms. The second-order valence-electron chi connectivity index (χ2n) is 4.13. The summed E-state index contributed by atoms with van der Waals surface area (Å²) >= 11 is 0. The molecular formula is C10H14O5. The van der Waals surface area contributed by atoms with Crippen molar-refractivity contribution in [3.63, 3.8) is 0 Å². The molecule has 84 valence electrons. The first kappa shape index (κ1) is 10.6. The minimum Gasteiger partial charge on any atom is -0.478 e. The predicted octanol–water partition coefficient (Wildman–Crippen LogP) is -0.328. The van der Waals surface area contributed by atoms with Crippen LogP contribution in [-0.2, 0) is 9.53 Å². The van der Waals surface area contributed by atoms with Gasteiger partial charge in [-0.1, -0.05) is 0 Å². The highest BCUT2D eigenvalue weighted by molar-refractivity contribution is 5.87. The van der Waals surface area contributed by atoms with Crippen LogP contribution in [0.3, 0.4) is 0 Å². The molecule has 2 bridgehead atoms. The Morgan fingerprint density at radius 3 is 3.00 bits per heavy atom. The highest BCUT2D eigenvalue weighted by Gasteiger charge is 2.45. The van der Waals surface area contributed by atoms with Gasteiger partial charge in [0.15, 0.2) is 0 Å². The van der Waals surface area contributed by atoms with Crippen molar-refractivity contribution in [1.29, 1.82) is 0 Å². The van der Waals surface area contributed by atoms with E-state index in [0.29, 0.717) is 19.4 Å². The molecule has 3 N–H and O–H groups in total. The van der Waals surface area contributed by atoms with Gasteiger partial charge in [0.05, 0.1) is 6.10 Å². The van der Waals surface area contributed by atoms with Gasteiger partial charge in [-0.2, -0.15) is 0 Å². The number of carboxylic acids is 1. The molecule has 0 unspecified atom stereocenters. The van der Waals surface area contributed by atoms with Crippen LogP contribution in [0.4, 0.5) is 0 Å². The molecule has 1 aliphatic heterocycles. The van der Waals surface area contributed by atoms with Crippen LogP contribution >= 0.6 is 0 Å². The summed E-state index contributed by atoms with van der Waals surface area (Å²) in [5.41, 5.74) is -1.32. The van der Waals surface area contributed by atoms with Gasteiger partial charge in [0, 0.05) is 18.6 Å². The van der Waals surface area contributed by atoms with Crippen LogP contribution in [0.5, 0.6) is 0 Å². The lowest BCUT2D eigenvalue weighted by atomic mass is 9.80. The second kappa shape index (κ2) is 3.59. The smallest absolute Gasteiger partial charge is 0.331 e. The van der Waals surface area contributed by atoms with E-state index in [9.17, 15) is 15.0 Å². The first-order chi connectivity index (χ1) is 7.03. The number of rotatable bonds is 1. The number of aliphatic hydroxyl groups is 2. The molecule has 3 atom stereocenters. The molecule has 0 aromatic carbocycles. The van der Waals surface area contributed by atoms with Gasteiger partial charge in [-0.25, -0.2) is 4.79 Å². The van der Waals surface area contributed by atoms with Crippen LogP contribution in [0.1, 0.15) is 19.3 Å². The number of aliphatic carboxylic acids is 1. The number of carboxylic acid groups (broad SMARTS) is 1. The molecule has 1 heterocycles. The Morgan fingerprint density at radius 1 is 1.60 bits per heavy atom. The zero-order chi connectivity index (χ0) is 11.1. The molecule has 0 aromatic rings. The minimum atomic E-state index is -1.44. The van der Waals surface area contributed by atoms with Crippen molar-refractivity contribution in [3.05, 3.63) is 11.6 Å². The molecule has 1 aliphatic carbocycles. The van der Waals surface area contributed by atoms with Crippen LogP contribution in [0.25, 0.3) is 0 Å². The van der Waals surface area contributed by atoms with Crippen molar-refractivity contribution in [1.82, 2.24) is 0 Å². The normalized spacial score (nSPS) is 40.5. The van der Waals surface area contributed by atoms with Crippen LogP contribution in [0.2, 0.25) is 0 Å².